The largest absolute Gasteiger partial charge is 0.450 e. The second-order valence-electron chi connectivity index (χ2n) is 7.76. The molecule has 0 radical (unpaired) electrons. The standard InChI is InChI=1S/C19H29N3O4S/c1-6-26-18(25)22-9-7-13(8-10-22)20-16(23)15-12(2)11-14(27-15)21-17(24)19(3,4)5/h11,13H,6-10H2,1-5H3,(H,20,23)(H,21,24). The number of hydrogen-bond acceptors (Lipinski definition) is 5. The number of anilines is 1. The van der Waals surface area contributed by atoms with Gasteiger partial charge >= 0.3 is 6.09 Å². The lowest BCUT2D eigenvalue weighted by atomic mass is 9.96. The molecular weight excluding hydrogens is 366 g/mol. The summed E-state index contributed by atoms with van der Waals surface area (Å²) in [6.07, 6.45) is 1.10. The molecule has 7 nitrogen and oxygen atoms in total. The fourth-order valence-corrected chi connectivity index (χ4v) is 3.71. The van der Waals surface area contributed by atoms with E-state index in [1.54, 1.807) is 11.8 Å². The SMILES string of the molecule is CCOC(=O)N1CCC(NC(=O)c2sc(NC(=O)C(C)(C)C)cc2C)CC1. The van der Waals surface area contributed by atoms with Crippen LogP contribution < -0.4 is 10.6 Å². The van der Waals surface area contributed by atoms with E-state index in [1.807, 2.05) is 33.8 Å². The van der Waals surface area contributed by atoms with E-state index >= 15 is 0 Å². The van der Waals surface area contributed by atoms with Crippen molar-refractivity contribution in [2.75, 3.05) is 25.0 Å². The Balaban J connectivity index is 1.92. The quantitative estimate of drug-likeness (QED) is 0.818. The number of carbonyl (C=O) groups is 3. The van der Waals surface area contributed by atoms with Crippen molar-refractivity contribution in [2.24, 2.45) is 5.41 Å². The van der Waals surface area contributed by atoms with Gasteiger partial charge in [0.25, 0.3) is 5.91 Å². The van der Waals surface area contributed by atoms with E-state index in [9.17, 15) is 14.4 Å². The van der Waals surface area contributed by atoms with Gasteiger partial charge in [0.2, 0.25) is 5.91 Å². The van der Waals surface area contributed by atoms with Crippen LogP contribution in [0.15, 0.2) is 6.07 Å². The Morgan fingerprint density at radius 1 is 1.26 bits per heavy atom. The lowest BCUT2D eigenvalue weighted by molar-refractivity contribution is -0.123. The van der Waals surface area contributed by atoms with Gasteiger partial charge in [0.05, 0.1) is 16.5 Å². The summed E-state index contributed by atoms with van der Waals surface area (Å²) in [5.74, 6) is -0.217. The normalized spacial score (nSPS) is 15.4. The highest BCUT2D eigenvalue weighted by atomic mass is 32.1. The van der Waals surface area contributed by atoms with Crippen LogP contribution in [-0.4, -0.2) is 48.5 Å². The zero-order chi connectivity index (χ0) is 20.2. The molecule has 0 unspecified atom stereocenters. The summed E-state index contributed by atoms with van der Waals surface area (Å²) < 4.78 is 5.01. The van der Waals surface area contributed by atoms with Crippen molar-refractivity contribution < 1.29 is 19.1 Å². The van der Waals surface area contributed by atoms with Crippen LogP contribution in [0.3, 0.4) is 0 Å². The third kappa shape index (κ3) is 5.69. The number of thiophene rings is 1. The topological polar surface area (TPSA) is 87.7 Å². The van der Waals surface area contributed by atoms with Gasteiger partial charge < -0.3 is 20.3 Å². The summed E-state index contributed by atoms with van der Waals surface area (Å²) in [5, 5.41) is 6.59. The number of likely N-dealkylation sites (tertiary alicyclic amines) is 1. The number of nitrogens with one attached hydrogen (secondary N) is 2. The van der Waals surface area contributed by atoms with E-state index in [0.717, 1.165) is 5.56 Å². The molecule has 0 atom stereocenters. The summed E-state index contributed by atoms with van der Waals surface area (Å²) in [6.45, 7) is 10.7. The smallest absolute Gasteiger partial charge is 0.409 e. The number of aryl methyl sites for hydroxylation is 1. The molecule has 0 saturated carbocycles. The first kappa shape index (κ1) is 21.2. The zero-order valence-electron chi connectivity index (χ0n) is 16.7. The Hall–Kier alpha value is -2.09. The number of nitrogens with zero attached hydrogens (tertiary/aromatic N) is 1. The monoisotopic (exact) mass is 395 g/mol. The van der Waals surface area contributed by atoms with Crippen molar-refractivity contribution in [3.63, 3.8) is 0 Å². The molecule has 2 heterocycles. The van der Waals surface area contributed by atoms with Crippen LogP contribution in [0.25, 0.3) is 0 Å². The predicted molar refractivity (Wildman–Crippen MR) is 106 cm³/mol. The minimum Gasteiger partial charge on any atom is -0.450 e. The fraction of sp³-hybridized carbons (Fsp3) is 0.632. The number of piperidine rings is 1. The van der Waals surface area contributed by atoms with Crippen molar-refractivity contribution in [3.8, 4) is 0 Å². The van der Waals surface area contributed by atoms with E-state index in [0.29, 0.717) is 42.4 Å². The van der Waals surface area contributed by atoms with Gasteiger partial charge in [-0.1, -0.05) is 20.8 Å². The van der Waals surface area contributed by atoms with Gasteiger partial charge in [-0.2, -0.15) is 0 Å². The van der Waals surface area contributed by atoms with Crippen LogP contribution in [0.2, 0.25) is 0 Å². The van der Waals surface area contributed by atoms with Gasteiger partial charge in [0.15, 0.2) is 0 Å². The van der Waals surface area contributed by atoms with E-state index in [-0.39, 0.29) is 23.9 Å². The number of hydrogen-bond donors (Lipinski definition) is 2. The van der Waals surface area contributed by atoms with Gasteiger partial charge in [-0.15, -0.1) is 11.3 Å². The van der Waals surface area contributed by atoms with E-state index in [4.69, 9.17) is 4.74 Å². The highest BCUT2D eigenvalue weighted by molar-refractivity contribution is 7.18. The maximum atomic E-state index is 12.6. The minimum absolute atomic E-state index is 0.0253. The molecule has 1 saturated heterocycles. The Morgan fingerprint density at radius 2 is 1.89 bits per heavy atom. The van der Waals surface area contributed by atoms with Gasteiger partial charge in [-0.25, -0.2) is 4.79 Å². The van der Waals surface area contributed by atoms with Crippen LogP contribution in [0.4, 0.5) is 9.80 Å². The van der Waals surface area contributed by atoms with Crippen molar-refractivity contribution in [1.82, 2.24) is 10.2 Å². The maximum absolute atomic E-state index is 12.6. The summed E-state index contributed by atoms with van der Waals surface area (Å²) in [6, 6.07) is 1.85. The molecule has 2 rings (SSSR count). The molecule has 1 aromatic rings. The van der Waals surface area contributed by atoms with Crippen molar-refractivity contribution >= 4 is 34.2 Å². The number of carbonyl (C=O) groups excluding carboxylic acids is 3. The van der Waals surface area contributed by atoms with Crippen molar-refractivity contribution in [2.45, 2.75) is 53.5 Å². The van der Waals surface area contributed by atoms with Gasteiger partial charge in [0.1, 0.15) is 0 Å². The first-order valence-corrected chi connectivity index (χ1v) is 10.1. The van der Waals surface area contributed by atoms with E-state index < -0.39 is 5.41 Å². The highest BCUT2D eigenvalue weighted by Crippen LogP contribution is 2.28. The average molecular weight is 396 g/mol. The Labute approximate surface area is 164 Å². The van der Waals surface area contributed by atoms with Gasteiger partial charge in [0, 0.05) is 24.5 Å². The summed E-state index contributed by atoms with van der Waals surface area (Å²) in [7, 11) is 0. The average Bonchev–Trinajstić information content (AvgIpc) is 2.95. The number of ether oxygens (including phenoxy) is 1. The minimum atomic E-state index is -0.493. The second-order valence-corrected chi connectivity index (χ2v) is 8.81. The number of rotatable bonds is 4. The Kier molecular flexibility index (Phi) is 6.86. The summed E-state index contributed by atoms with van der Waals surface area (Å²) >= 11 is 1.28. The molecule has 1 aliphatic heterocycles. The summed E-state index contributed by atoms with van der Waals surface area (Å²) in [5.41, 5.74) is 0.346. The first-order chi connectivity index (χ1) is 12.6. The molecule has 0 aliphatic carbocycles. The lowest BCUT2D eigenvalue weighted by Crippen LogP contribution is -2.46. The molecule has 150 valence electrons. The molecule has 0 bridgehead atoms. The predicted octanol–water partition coefficient (Wildman–Crippen LogP) is 3.39. The zero-order valence-corrected chi connectivity index (χ0v) is 17.5. The van der Waals surface area contributed by atoms with Crippen LogP contribution in [0.5, 0.6) is 0 Å². The van der Waals surface area contributed by atoms with E-state index in [1.165, 1.54) is 11.3 Å². The van der Waals surface area contributed by atoms with Crippen LogP contribution >= 0.6 is 11.3 Å². The molecule has 1 aromatic heterocycles. The molecule has 1 aliphatic rings. The second kappa shape index (κ2) is 8.73. The molecular formula is C19H29N3O4S. The fourth-order valence-electron chi connectivity index (χ4n) is 2.74. The molecule has 0 aromatic carbocycles. The Morgan fingerprint density at radius 3 is 2.44 bits per heavy atom. The number of amides is 3. The molecule has 0 spiro atoms. The van der Waals surface area contributed by atoms with Crippen LogP contribution in [0, 0.1) is 12.3 Å². The molecule has 8 heteroatoms. The summed E-state index contributed by atoms with van der Waals surface area (Å²) in [4.78, 5) is 38.8. The molecule has 1 fully saturated rings. The molecule has 27 heavy (non-hydrogen) atoms. The highest BCUT2D eigenvalue weighted by Gasteiger charge is 2.26. The maximum Gasteiger partial charge on any atom is 0.409 e. The van der Waals surface area contributed by atoms with Gasteiger partial charge in [-0.05, 0) is 38.3 Å². The first-order valence-electron chi connectivity index (χ1n) is 9.26. The third-order valence-electron chi connectivity index (χ3n) is 4.40. The molecule has 3 amide bonds. The van der Waals surface area contributed by atoms with Crippen molar-refractivity contribution in [3.05, 3.63) is 16.5 Å². The van der Waals surface area contributed by atoms with E-state index in [2.05, 4.69) is 10.6 Å². The Bertz CT molecular complexity index is 700. The lowest BCUT2D eigenvalue weighted by Gasteiger charge is -2.31. The van der Waals surface area contributed by atoms with Crippen LogP contribution in [0.1, 0.15) is 55.8 Å². The third-order valence-corrected chi connectivity index (χ3v) is 5.55. The van der Waals surface area contributed by atoms with Crippen molar-refractivity contribution in [1.29, 1.82) is 0 Å². The van der Waals surface area contributed by atoms with Gasteiger partial charge in [-0.3, -0.25) is 9.59 Å². The van der Waals surface area contributed by atoms with Crippen LogP contribution in [-0.2, 0) is 9.53 Å². The molecule has 2 N–H and O–H groups in total.